The van der Waals surface area contributed by atoms with Gasteiger partial charge in [-0.15, -0.1) is 11.3 Å². The van der Waals surface area contributed by atoms with Gasteiger partial charge in [-0.25, -0.2) is 9.97 Å². The first-order valence-corrected chi connectivity index (χ1v) is 11.1. The van der Waals surface area contributed by atoms with Gasteiger partial charge in [-0.3, -0.25) is 4.79 Å². The summed E-state index contributed by atoms with van der Waals surface area (Å²) in [6.45, 7) is 8.93. The maximum absolute atomic E-state index is 13.4. The van der Waals surface area contributed by atoms with E-state index in [0.29, 0.717) is 25.2 Å². The Morgan fingerprint density at radius 3 is 2.73 bits per heavy atom. The van der Waals surface area contributed by atoms with Crippen molar-refractivity contribution in [2.24, 2.45) is 0 Å². The Hall–Kier alpha value is -2.98. The van der Waals surface area contributed by atoms with Gasteiger partial charge in [-0.1, -0.05) is 19.1 Å². The number of carbonyl (C=O) groups is 1. The number of nitriles is 1. The standard InChI is InChI=1S/C23H25N5OS/c1-4-19-25-16(3)20-15(2)21(30-22(20)26-19)23(29)28-11-7-10-27(12-13-28)18-9-6-5-8-17(18)14-24/h5-6,8-9H,4,7,10-13H2,1-3H3. The van der Waals surface area contributed by atoms with E-state index in [0.717, 1.165) is 57.2 Å². The Morgan fingerprint density at radius 2 is 1.97 bits per heavy atom. The first-order valence-electron chi connectivity index (χ1n) is 10.3. The highest BCUT2D eigenvalue weighted by Gasteiger charge is 2.26. The van der Waals surface area contributed by atoms with Crippen LogP contribution in [0.5, 0.6) is 0 Å². The highest BCUT2D eigenvalue weighted by Crippen LogP contribution is 2.32. The van der Waals surface area contributed by atoms with Gasteiger partial charge < -0.3 is 9.80 Å². The predicted octanol–water partition coefficient (Wildman–Crippen LogP) is 4.09. The third-order valence-corrected chi connectivity index (χ3v) is 6.85. The number of aromatic nitrogens is 2. The van der Waals surface area contributed by atoms with Crippen LogP contribution in [0.2, 0.25) is 0 Å². The highest BCUT2D eigenvalue weighted by atomic mass is 32.1. The first-order chi connectivity index (χ1) is 14.5. The molecule has 0 saturated carbocycles. The molecule has 3 aromatic rings. The van der Waals surface area contributed by atoms with E-state index in [1.165, 1.54) is 11.3 Å². The minimum atomic E-state index is 0.0726. The molecule has 0 unspecified atom stereocenters. The molecule has 4 rings (SSSR count). The molecule has 1 fully saturated rings. The normalized spacial score (nSPS) is 14.6. The fourth-order valence-electron chi connectivity index (χ4n) is 4.11. The summed E-state index contributed by atoms with van der Waals surface area (Å²) >= 11 is 1.48. The molecular formula is C23H25N5OS. The molecule has 1 aliphatic rings. The molecule has 0 spiro atoms. The zero-order valence-corrected chi connectivity index (χ0v) is 18.4. The monoisotopic (exact) mass is 419 g/mol. The summed E-state index contributed by atoms with van der Waals surface area (Å²) in [5, 5.41) is 10.4. The summed E-state index contributed by atoms with van der Waals surface area (Å²) in [5.41, 5.74) is 3.56. The summed E-state index contributed by atoms with van der Waals surface area (Å²) in [6.07, 6.45) is 1.65. The lowest BCUT2D eigenvalue weighted by Crippen LogP contribution is -2.35. The Morgan fingerprint density at radius 1 is 1.17 bits per heavy atom. The van der Waals surface area contributed by atoms with Crippen LogP contribution in [0.1, 0.15) is 45.7 Å². The lowest BCUT2D eigenvalue weighted by molar-refractivity contribution is 0.0771. The molecule has 1 amide bonds. The summed E-state index contributed by atoms with van der Waals surface area (Å²) in [6, 6.07) is 9.95. The van der Waals surface area contributed by atoms with E-state index in [4.69, 9.17) is 0 Å². The van der Waals surface area contributed by atoms with Crippen LogP contribution in [0, 0.1) is 25.2 Å². The van der Waals surface area contributed by atoms with Gasteiger partial charge in [0.1, 0.15) is 16.7 Å². The average Bonchev–Trinajstić information content (AvgIpc) is 2.93. The number of hydrogen-bond donors (Lipinski definition) is 0. The number of para-hydroxylation sites is 1. The van der Waals surface area contributed by atoms with Gasteiger partial charge >= 0.3 is 0 Å². The number of fused-ring (bicyclic) bond motifs is 1. The number of hydrogen-bond acceptors (Lipinski definition) is 6. The van der Waals surface area contributed by atoms with E-state index in [1.54, 1.807) is 0 Å². The van der Waals surface area contributed by atoms with E-state index in [9.17, 15) is 10.1 Å². The van der Waals surface area contributed by atoms with Crippen LogP contribution in [-0.2, 0) is 6.42 Å². The SMILES string of the molecule is CCc1nc(C)c2c(C)c(C(=O)N3CCCN(c4ccccc4C#N)CC3)sc2n1. The molecule has 7 heteroatoms. The second-order valence-electron chi connectivity index (χ2n) is 7.58. The van der Waals surface area contributed by atoms with Crippen molar-refractivity contribution in [3.05, 3.63) is 51.8 Å². The van der Waals surface area contributed by atoms with Crippen LogP contribution in [0.3, 0.4) is 0 Å². The number of rotatable bonds is 3. The zero-order valence-electron chi connectivity index (χ0n) is 17.6. The molecule has 0 aliphatic carbocycles. The molecule has 2 aromatic heterocycles. The van der Waals surface area contributed by atoms with Gasteiger partial charge in [0.2, 0.25) is 0 Å². The number of anilines is 1. The van der Waals surface area contributed by atoms with E-state index in [1.807, 2.05) is 49.9 Å². The number of carbonyl (C=O) groups excluding carboxylic acids is 1. The molecule has 154 valence electrons. The Balaban J connectivity index is 1.58. The van der Waals surface area contributed by atoms with Crippen molar-refractivity contribution in [2.45, 2.75) is 33.6 Å². The molecule has 0 bridgehead atoms. The van der Waals surface area contributed by atoms with Crippen molar-refractivity contribution in [3.8, 4) is 6.07 Å². The fourth-order valence-corrected chi connectivity index (χ4v) is 5.32. The van der Waals surface area contributed by atoms with Gasteiger partial charge in [0.15, 0.2) is 0 Å². The molecular weight excluding hydrogens is 394 g/mol. The molecule has 1 aromatic carbocycles. The smallest absolute Gasteiger partial charge is 0.264 e. The van der Waals surface area contributed by atoms with Crippen LogP contribution in [0.4, 0.5) is 5.69 Å². The Kier molecular flexibility index (Phi) is 5.69. The van der Waals surface area contributed by atoms with Crippen molar-refractivity contribution >= 4 is 33.1 Å². The largest absolute Gasteiger partial charge is 0.369 e. The van der Waals surface area contributed by atoms with Crippen molar-refractivity contribution in [2.75, 3.05) is 31.1 Å². The minimum Gasteiger partial charge on any atom is -0.369 e. The molecule has 1 saturated heterocycles. The van der Waals surface area contributed by atoms with Crippen LogP contribution in [0.15, 0.2) is 24.3 Å². The zero-order chi connectivity index (χ0) is 21.3. The van der Waals surface area contributed by atoms with Gasteiger partial charge in [0.05, 0.1) is 16.1 Å². The molecule has 0 atom stereocenters. The molecule has 30 heavy (non-hydrogen) atoms. The van der Waals surface area contributed by atoms with Gasteiger partial charge in [0, 0.05) is 43.7 Å². The highest BCUT2D eigenvalue weighted by molar-refractivity contribution is 7.20. The van der Waals surface area contributed by atoms with Crippen molar-refractivity contribution in [3.63, 3.8) is 0 Å². The van der Waals surface area contributed by atoms with Crippen molar-refractivity contribution < 1.29 is 4.79 Å². The maximum atomic E-state index is 13.4. The first kappa shape index (κ1) is 20.3. The predicted molar refractivity (Wildman–Crippen MR) is 120 cm³/mol. The number of nitrogens with zero attached hydrogens (tertiary/aromatic N) is 5. The molecule has 6 nitrogen and oxygen atoms in total. The van der Waals surface area contributed by atoms with Gasteiger partial charge in [0.25, 0.3) is 5.91 Å². The second kappa shape index (κ2) is 8.41. The number of thiophene rings is 1. The quantitative estimate of drug-likeness (QED) is 0.639. The van der Waals surface area contributed by atoms with Gasteiger partial charge in [-0.05, 0) is 38.0 Å². The fraction of sp³-hybridized carbons (Fsp3) is 0.391. The third-order valence-electron chi connectivity index (χ3n) is 5.68. The second-order valence-corrected chi connectivity index (χ2v) is 8.58. The van der Waals surface area contributed by atoms with Gasteiger partial charge in [-0.2, -0.15) is 5.26 Å². The van der Waals surface area contributed by atoms with E-state index >= 15 is 0 Å². The number of amides is 1. The molecule has 0 radical (unpaired) electrons. The van der Waals surface area contributed by atoms with E-state index in [-0.39, 0.29) is 5.91 Å². The summed E-state index contributed by atoms with van der Waals surface area (Å²) in [7, 11) is 0. The average molecular weight is 420 g/mol. The lowest BCUT2D eigenvalue weighted by Gasteiger charge is -2.24. The maximum Gasteiger partial charge on any atom is 0.264 e. The molecule has 0 N–H and O–H groups in total. The molecule has 3 heterocycles. The summed E-state index contributed by atoms with van der Waals surface area (Å²) < 4.78 is 0. The Bertz CT molecular complexity index is 1150. The summed E-state index contributed by atoms with van der Waals surface area (Å²) in [4.78, 5) is 28.4. The van der Waals surface area contributed by atoms with E-state index in [2.05, 4.69) is 20.9 Å². The summed E-state index contributed by atoms with van der Waals surface area (Å²) in [5.74, 6) is 0.894. The number of benzene rings is 1. The van der Waals surface area contributed by atoms with E-state index < -0.39 is 0 Å². The van der Waals surface area contributed by atoms with Crippen molar-refractivity contribution in [1.29, 1.82) is 5.26 Å². The van der Waals surface area contributed by atoms with Crippen LogP contribution < -0.4 is 4.90 Å². The minimum absolute atomic E-state index is 0.0726. The van der Waals surface area contributed by atoms with Crippen LogP contribution in [0.25, 0.3) is 10.2 Å². The number of aryl methyl sites for hydroxylation is 3. The topological polar surface area (TPSA) is 73.1 Å². The van der Waals surface area contributed by atoms with Crippen molar-refractivity contribution in [1.82, 2.24) is 14.9 Å². The van der Waals surface area contributed by atoms with Crippen LogP contribution >= 0.6 is 11.3 Å². The lowest BCUT2D eigenvalue weighted by atomic mass is 10.1. The third kappa shape index (κ3) is 3.63. The Labute approximate surface area is 180 Å². The van der Waals surface area contributed by atoms with Crippen LogP contribution in [-0.4, -0.2) is 47.0 Å². The molecule has 1 aliphatic heterocycles.